The minimum Gasteiger partial charge on any atom is -0.455 e. The third-order valence-electron chi connectivity index (χ3n) is 6.06. The van der Waals surface area contributed by atoms with Crippen molar-refractivity contribution in [3.63, 3.8) is 0 Å². The van der Waals surface area contributed by atoms with Crippen molar-refractivity contribution in [3.8, 4) is 11.5 Å². The van der Waals surface area contributed by atoms with Gasteiger partial charge in [0.05, 0.1) is 20.6 Å². The molecule has 4 rings (SSSR count). The average molecular weight is 563 g/mol. The summed E-state index contributed by atoms with van der Waals surface area (Å²) in [6, 6.07) is 17.3. The van der Waals surface area contributed by atoms with Crippen LogP contribution in [0.5, 0.6) is 11.5 Å². The molecular formula is C27H29Cl2N3O4S. The molecule has 0 atom stereocenters. The molecule has 1 fully saturated rings. The average Bonchev–Trinajstić information content (AvgIpc) is 2.90. The van der Waals surface area contributed by atoms with Crippen LogP contribution in [0.25, 0.3) is 0 Å². The van der Waals surface area contributed by atoms with Crippen molar-refractivity contribution in [3.05, 3.63) is 82.3 Å². The van der Waals surface area contributed by atoms with Crippen molar-refractivity contribution in [2.75, 3.05) is 30.9 Å². The van der Waals surface area contributed by atoms with Crippen LogP contribution >= 0.6 is 23.2 Å². The van der Waals surface area contributed by atoms with E-state index in [2.05, 4.69) is 14.9 Å². The molecule has 0 spiro atoms. The van der Waals surface area contributed by atoms with Crippen LogP contribution in [-0.4, -0.2) is 45.4 Å². The highest BCUT2D eigenvalue weighted by molar-refractivity contribution is 7.92. The Balaban J connectivity index is 1.36. The van der Waals surface area contributed by atoms with Crippen LogP contribution in [0.1, 0.15) is 36.0 Å². The first-order valence-corrected chi connectivity index (χ1v) is 14.4. The number of carbonyl (C=O) groups excluding carboxylic acids is 1. The molecule has 0 unspecified atom stereocenters. The quantitative estimate of drug-likeness (QED) is 0.288. The first-order chi connectivity index (χ1) is 17.8. The number of likely N-dealkylation sites (tertiary alicyclic amines) is 1. The van der Waals surface area contributed by atoms with Crippen LogP contribution in [0.15, 0.2) is 71.6 Å². The Morgan fingerprint density at radius 2 is 1.65 bits per heavy atom. The molecule has 10 heteroatoms. The van der Waals surface area contributed by atoms with Gasteiger partial charge >= 0.3 is 0 Å². The van der Waals surface area contributed by atoms with Gasteiger partial charge in [0.15, 0.2) is 5.75 Å². The summed E-state index contributed by atoms with van der Waals surface area (Å²) in [6.45, 7) is 3.81. The molecule has 196 valence electrons. The van der Waals surface area contributed by atoms with Crippen molar-refractivity contribution < 1.29 is 17.9 Å². The van der Waals surface area contributed by atoms with E-state index >= 15 is 0 Å². The Morgan fingerprint density at radius 1 is 0.919 bits per heavy atom. The van der Waals surface area contributed by atoms with Gasteiger partial charge in [0.1, 0.15) is 5.75 Å². The largest absolute Gasteiger partial charge is 0.455 e. The summed E-state index contributed by atoms with van der Waals surface area (Å²) in [7, 11) is -3.93. The third-order valence-corrected chi connectivity index (χ3v) is 8.18. The minimum atomic E-state index is -3.93. The molecule has 1 aliphatic rings. The van der Waals surface area contributed by atoms with Crippen LogP contribution in [0.4, 0.5) is 5.69 Å². The van der Waals surface area contributed by atoms with Gasteiger partial charge in [-0.15, -0.1) is 0 Å². The van der Waals surface area contributed by atoms with E-state index in [4.69, 9.17) is 27.9 Å². The first-order valence-electron chi connectivity index (χ1n) is 12.2. The predicted molar refractivity (Wildman–Crippen MR) is 147 cm³/mol. The van der Waals surface area contributed by atoms with Gasteiger partial charge in [0.2, 0.25) is 0 Å². The zero-order valence-electron chi connectivity index (χ0n) is 20.3. The van der Waals surface area contributed by atoms with Crippen molar-refractivity contribution in [1.29, 1.82) is 0 Å². The fourth-order valence-electron chi connectivity index (χ4n) is 4.09. The van der Waals surface area contributed by atoms with E-state index in [1.165, 1.54) is 43.5 Å². The summed E-state index contributed by atoms with van der Waals surface area (Å²) < 4.78 is 34.5. The smallest absolute Gasteiger partial charge is 0.262 e. The van der Waals surface area contributed by atoms with E-state index in [1.807, 2.05) is 0 Å². The predicted octanol–water partition coefficient (Wildman–Crippen LogP) is 6.19. The Morgan fingerprint density at radius 3 is 2.38 bits per heavy atom. The molecular weight excluding hydrogens is 533 g/mol. The van der Waals surface area contributed by atoms with Crippen LogP contribution < -0.4 is 14.8 Å². The molecule has 37 heavy (non-hydrogen) atoms. The number of halogens is 2. The fraction of sp³-hybridized carbons (Fsp3) is 0.296. The van der Waals surface area contributed by atoms with Gasteiger partial charge in [0, 0.05) is 18.2 Å². The third kappa shape index (κ3) is 7.61. The molecule has 3 aromatic rings. The summed E-state index contributed by atoms with van der Waals surface area (Å²) in [5.74, 6) is 0.480. The van der Waals surface area contributed by atoms with Crippen LogP contribution in [0.2, 0.25) is 10.0 Å². The molecule has 1 amide bonds. The van der Waals surface area contributed by atoms with E-state index in [9.17, 15) is 13.2 Å². The number of sulfonamides is 1. The Kier molecular flexibility index (Phi) is 9.32. The van der Waals surface area contributed by atoms with Crippen molar-refractivity contribution in [2.24, 2.45) is 0 Å². The highest BCUT2D eigenvalue weighted by Gasteiger charge is 2.18. The minimum absolute atomic E-state index is 0.0264. The molecule has 1 aliphatic heterocycles. The van der Waals surface area contributed by atoms with Gasteiger partial charge < -0.3 is 15.0 Å². The molecule has 0 radical (unpaired) electrons. The molecule has 2 N–H and O–H groups in total. The monoisotopic (exact) mass is 561 g/mol. The van der Waals surface area contributed by atoms with E-state index < -0.39 is 10.0 Å². The maximum absolute atomic E-state index is 13.0. The lowest BCUT2D eigenvalue weighted by Gasteiger charge is -2.26. The Labute approximate surface area is 227 Å². The Bertz CT molecular complexity index is 1330. The van der Waals surface area contributed by atoms with Crippen molar-refractivity contribution in [1.82, 2.24) is 10.2 Å². The Hall–Kier alpha value is -2.78. The molecule has 0 aliphatic carbocycles. The normalized spacial score (nSPS) is 14.2. The maximum Gasteiger partial charge on any atom is 0.262 e. The van der Waals surface area contributed by atoms with Gasteiger partial charge in [-0.25, -0.2) is 8.42 Å². The van der Waals surface area contributed by atoms with Crippen LogP contribution in [0, 0.1) is 0 Å². The second-order valence-electron chi connectivity index (χ2n) is 8.82. The van der Waals surface area contributed by atoms with Gasteiger partial charge in [0.25, 0.3) is 15.9 Å². The second-order valence-corrected chi connectivity index (χ2v) is 11.3. The van der Waals surface area contributed by atoms with Crippen LogP contribution in [0.3, 0.4) is 0 Å². The number of anilines is 1. The number of benzene rings is 3. The zero-order chi connectivity index (χ0) is 26.3. The SMILES string of the molecule is O=C(NCCCN1CCCCC1)c1ccc(S(=O)(=O)Nc2ccccc2Oc2ccc(Cl)c(Cl)c2)cc1. The number of carbonyl (C=O) groups is 1. The fourth-order valence-corrected chi connectivity index (χ4v) is 5.44. The van der Waals surface area contributed by atoms with E-state index in [0.29, 0.717) is 33.7 Å². The number of amides is 1. The number of rotatable bonds is 10. The lowest BCUT2D eigenvalue weighted by Crippen LogP contribution is -2.33. The number of piperidine rings is 1. The zero-order valence-corrected chi connectivity index (χ0v) is 22.6. The highest BCUT2D eigenvalue weighted by atomic mass is 35.5. The number of hydrogen-bond donors (Lipinski definition) is 2. The molecule has 0 saturated carbocycles. The number of ether oxygens (including phenoxy) is 1. The maximum atomic E-state index is 13.0. The number of para-hydroxylation sites is 2. The lowest BCUT2D eigenvalue weighted by atomic mass is 10.1. The van der Waals surface area contributed by atoms with Gasteiger partial charge in [-0.1, -0.05) is 41.8 Å². The standard InChI is InChI=1S/C27H29Cl2N3O4S/c28-23-14-11-21(19-24(23)29)36-26-8-3-2-7-25(26)31-37(34,35)22-12-9-20(10-13-22)27(33)30-15-6-18-32-16-4-1-5-17-32/h2-3,7-14,19,31H,1,4-6,15-18H2,(H,30,33). The van der Waals surface area contributed by atoms with Crippen molar-refractivity contribution >= 4 is 44.8 Å². The first kappa shape index (κ1) is 27.3. The molecule has 0 bridgehead atoms. The molecule has 0 aromatic heterocycles. The van der Waals surface area contributed by atoms with Crippen molar-refractivity contribution in [2.45, 2.75) is 30.6 Å². The topological polar surface area (TPSA) is 87.7 Å². The van der Waals surface area contributed by atoms with Gasteiger partial charge in [-0.05, 0) is 87.4 Å². The highest BCUT2D eigenvalue weighted by Crippen LogP contribution is 2.34. The summed E-state index contributed by atoms with van der Waals surface area (Å²) in [5.41, 5.74) is 0.657. The molecule has 1 heterocycles. The lowest BCUT2D eigenvalue weighted by molar-refractivity contribution is 0.0951. The summed E-state index contributed by atoms with van der Waals surface area (Å²) >= 11 is 12.0. The van der Waals surface area contributed by atoms with Gasteiger partial charge in [-0.3, -0.25) is 9.52 Å². The van der Waals surface area contributed by atoms with Gasteiger partial charge in [-0.2, -0.15) is 0 Å². The summed E-state index contributed by atoms with van der Waals surface area (Å²) in [5, 5.41) is 3.62. The summed E-state index contributed by atoms with van der Waals surface area (Å²) in [6.07, 6.45) is 4.66. The van der Waals surface area contributed by atoms with E-state index in [1.54, 1.807) is 42.5 Å². The number of nitrogens with zero attached hydrogens (tertiary/aromatic N) is 1. The van der Waals surface area contributed by atoms with E-state index in [0.717, 1.165) is 26.1 Å². The van der Waals surface area contributed by atoms with Crippen LogP contribution in [-0.2, 0) is 10.0 Å². The molecule has 3 aromatic carbocycles. The van der Waals surface area contributed by atoms with E-state index in [-0.39, 0.29) is 16.5 Å². The summed E-state index contributed by atoms with van der Waals surface area (Å²) in [4.78, 5) is 14.9. The second kappa shape index (κ2) is 12.6. The molecule has 7 nitrogen and oxygen atoms in total. The number of nitrogens with one attached hydrogen (secondary N) is 2. The number of hydrogen-bond acceptors (Lipinski definition) is 5. The molecule has 1 saturated heterocycles.